The van der Waals surface area contributed by atoms with Crippen molar-refractivity contribution in [2.75, 3.05) is 0 Å². The molecule has 4 N–H and O–H groups in total. The van der Waals surface area contributed by atoms with Crippen molar-refractivity contribution in [3.8, 4) is 11.5 Å². The number of unbranched alkanes of at least 4 members (excludes halogenated alkanes) is 40. The van der Waals surface area contributed by atoms with Crippen molar-refractivity contribution >= 4 is 35.3 Å². The molecule has 2 aromatic rings. The number of ketones is 2. The van der Waals surface area contributed by atoms with E-state index >= 15 is 0 Å². The van der Waals surface area contributed by atoms with Crippen LogP contribution in [-0.4, -0.2) is 75.5 Å². The molecule has 14 heteroatoms. The molecule has 0 saturated heterocycles. The molecule has 0 aliphatic carbocycles. The number of Topliss-reactive ketones (excluding diaryl/α,β-unsaturated/α-hetero) is 2. The van der Waals surface area contributed by atoms with Crippen LogP contribution in [-0.2, 0) is 28.7 Å². The van der Waals surface area contributed by atoms with Crippen LogP contribution in [0, 0.1) is 23.7 Å². The molecule has 0 saturated carbocycles. The Morgan fingerprint density at radius 2 is 0.491 bits per heavy atom. The molecule has 6 unspecified atom stereocenters. The van der Waals surface area contributed by atoms with E-state index in [-0.39, 0.29) is 41.5 Å². The number of amides is 2. The maximum atomic E-state index is 13.0. The Kier molecular flexibility index (Phi) is 62.0. The van der Waals surface area contributed by atoms with E-state index in [4.69, 9.17) is 18.9 Å². The zero-order chi connectivity index (χ0) is 82.1. The van der Waals surface area contributed by atoms with Gasteiger partial charge in [0.05, 0.1) is 6.17 Å². The summed E-state index contributed by atoms with van der Waals surface area (Å²) in [6.45, 7) is 20.4. The van der Waals surface area contributed by atoms with Crippen LogP contribution in [0.25, 0.3) is 0 Å². The van der Waals surface area contributed by atoms with Crippen molar-refractivity contribution in [1.29, 1.82) is 0 Å². The molecule has 2 amide bonds. The van der Waals surface area contributed by atoms with Crippen LogP contribution < -0.4 is 20.1 Å². The van der Waals surface area contributed by atoms with Crippen LogP contribution in [0.1, 0.15) is 482 Å². The van der Waals surface area contributed by atoms with E-state index < -0.39 is 23.8 Å². The summed E-state index contributed by atoms with van der Waals surface area (Å²) in [4.78, 5) is 76.2. The normalized spacial score (nSPS) is 13.7. The van der Waals surface area contributed by atoms with Gasteiger partial charge in [0.1, 0.15) is 22.7 Å². The molecule has 0 aromatic heterocycles. The van der Waals surface area contributed by atoms with Gasteiger partial charge in [-0.15, -0.1) is 0 Å². The Balaban J connectivity index is 1.75. The van der Waals surface area contributed by atoms with Gasteiger partial charge in [-0.05, 0) is 133 Å². The quantitative estimate of drug-likeness (QED) is 0.0211. The summed E-state index contributed by atoms with van der Waals surface area (Å²) < 4.78 is 22.6. The first-order chi connectivity index (χ1) is 54.0. The second-order valence-corrected chi connectivity index (χ2v) is 34.9. The summed E-state index contributed by atoms with van der Waals surface area (Å²) in [5.74, 6) is 2.99. The lowest BCUT2D eigenvalue weighted by atomic mass is 9.78. The number of rotatable bonds is 78. The predicted octanol–water partition coefficient (Wildman–Crippen LogP) is 27.4. The van der Waals surface area contributed by atoms with Gasteiger partial charge < -0.3 is 39.8 Å². The third kappa shape index (κ3) is 55.7. The molecule has 0 spiro atoms. The Morgan fingerprint density at radius 3 is 0.705 bits per heavy atom. The Bertz CT molecular complexity index is 2450. The fourth-order valence-corrected chi connectivity index (χ4v) is 16.4. The minimum atomic E-state index is -1.45. The van der Waals surface area contributed by atoms with Crippen LogP contribution in [0.2, 0.25) is 0 Å². The lowest BCUT2D eigenvalue weighted by molar-refractivity contribution is -0.162. The summed E-state index contributed by atoms with van der Waals surface area (Å²) in [6.07, 6.45) is 70.2. The average molecular weight is 1570 g/mol. The fraction of sp³-hybridized carbons (Fsp3) is 0.816. The second kappa shape index (κ2) is 67.2. The molecule has 14 nitrogen and oxygen atoms in total. The Hall–Kier alpha value is -4.82. The highest BCUT2D eigenvalue weighted by Crippen LogP contribution is 2.36. The van der Waals surface area contributed by atoms with Crippen molar-refractivity contribution in [3.63, 3.8) is 0 Å². The number of esters is 2. The van der Waals surface area contributed by atoms with Gasteiger partial charge in [-0.2, -0.15) is 0 Å². The first-order valence-electron chi connectivity index (χ1n) is 47.1. The maximum absolute atomic E-state index is 13.0. The van der Waals surface area contributed by atoms with Gasteiger partial charge in [-0.25, -0.2) is 0 Å². The van der Waals surface area contributed by atoms with E-state index in [1.165, 1.54) is 310 Å². The summed E-state index contributed by atoms with van der Waals surface area (Å²) in [5.41, 5.74) is -2.12. The van der Waals surface area contributed by atoms with Gasteiger partial charge >= 0.3 is 11.9 Å². The van der Waals surface area contributed by atoms with Gasteiger partial charge in [0, 0.05) is 50.7 Å². The van der Waals surface area contributed by atoms with Crippen LogP contribution in [0.3, 0.4) is 0 Å². The van der Waals surface area contributed by atoms with Crippen molar-refractivity contribution < 1.29 is 57.9 Å². The van der Waals surface area contributed by atoms with Crippen LogP contribution in [0.4, 0.5) is 0 Å². The van der Waals surface area contributed by atoms with Crippen molar-refractivity contribution in [3.05, 3.63) is 59.7 Å². The minimum absolute atomic E-state index is 0.0259. The van der Waals surface area contributed by atoms with Gasteiger partial charge in [-0.1, -0.05) is 362 Å². The molecule has 0 radical (unpaired) electrons. The molecule has 0 bridgehead atoms. The number of aliphatic hydroxyl groups is 2. The van der Waals surface area contributed by atoms with Gasteiger partial charge in [0.15, 0.2) is 11.6 Å². The Labute approximate surface area is 686 Å². The molecular formula is C98H172N2O12. The summed E-state index contributed by atoms with van der Waals surface area (Å²) in [5, 5.41) is 26.2. The van der Waals surface area contributed by atoms with Crippen LogP contribution in [0.5, 0.6) is 11.5 Å². The topological polar surface area (TPSA) is 204 Å². The molecule has 2 aromatic carbocycles. The van der Waals surface area contributed by atoms with Gasteiger partial charge in [-0.3, -0.25) is 28.8 Å². The monoisotopic (exact) mass is 1570 g/mol. The number of ether oxygens (including phenoxy) is 4. The average Bonchev–Trinajstić information content (AvgIpc) is 0.728. The molecule has 0 heterocycles. The van der Waals surface area contributed by atoms with Crippen molar-refractivity contribution in [2.45, 2.75) is 491 Å². The largest absolute Gasteiger partial charge is 0.455 e. The van der Waals surface area contributed by atoms with Gasteiger partial charge in [0.2, 0.25) is 24.4 Å². The number of nitrogens with one attached hydrogen (secondary N) is 2. The molecular weight excluding hydrogens is 1400 g/mol. The molecule has 0 aliphatic heterocycles. The molecule has 2 rings (SSSR count). The number of hydrogen-bond acceptors (Lipinski definition) is 12. The lowest BCUT2D eigenvalue weighted by Gasteiger charge is -2.28. The third-order valence-corrected chi connectivity index (χ3v) is 23.2. The van der Waals surface area contributed by atoms with Crippen LogP contribution >= 0.6 is 0 Å². The van der Waals surface area contributed by atoms with E-state index in [0.29, 0.717) is 48.3 Å². The minimum Gasteiger partial charge on any atom is -0.455 e. The number of hydrogen-bond donors (Lipinski definition) is 4. The standard InChI is InChI=1S/C98H172N2O12/c1-12-16-20-24-36-48-60-83(85(62-50-38-26-22-18-14-3)66-54-42-30-34-46-58-70-93(103)111-81(6)109-89-76-72-87(73-77-89)95(105)97(8,9)107)64-52-40-28-32-44-56-68-91(101)99-80(5)100-92(102)69-57-45-33-29-41-53-65-84(61-49-37-25-21-17-13-2)86(63-51-39-27-23-19-15-4)67-55-43-31-35-47-59-71-94(104)112-82(7)110-90-78-74-88(75-79-90)96(106)98(10,11)108/h72-86,107-108H,12-71H2,1-11H3,(H,99,101)(H,100,102). The lowest BCUT2D eigenvalue weighted by Crippen LogP contribution is -2.45. The molecule has 6 atom stereocenters. The first-order valence-corrected chi connectivity index (χ1v) is 47.1. The van der Waals surface area contributed by atoms with E-state index in [2.05, 4.69) is 38.3 Å². The summed E-state index contributed by atoms with van der Waals surface area (Å²) in [6, 6.07) is 13.1. The highest BCUT2D eigenvalue weighted by Gasteiger charge is 2.28. The smallest absolute Gasteiger partial charge is 0.308 e. The SMILES string of the molecule is CCCCCCCCC(CCCCCCCCC(=O)NC(C)NC(=O)CCCCCCCCC(CCCCCCCC)C(CCCCCCCC)CCCCCCCCC(=O)OC(C)Oc1ccc(C(=O)C(C)(C)O)cc1)C(CCCCCCCC)CCCCCCCCC(=O)OC(C)Oc1ccc(C(=O)C(C)(C)O)cc1. The molecule has 0 fully saturated rings. The zero-order valence-electron chi connectivity index (χ0n) is 74.1. The number of benzene rings is 2. The summed E-state index contributed by atoms with van der Waals surface area (Å²) >= 11 is 0. The van der Waals surface area contributed by atoms with E-state index in [1.54, 1.807) is 62.4 Å². The molecule has 0 aliphatic rings. The van der Waals surface area contributed by atoms with E-state index in [9.17, 15) is 39.0 Å². The van der Waals surface area contributed by atoms with E-state index in [0.717, 1.165) is 101 Å². The van der Waals surface area contributed by atoms with Crippen molar-refractivity contribution in [2.24, 2.45) is 23.7 Å². The number of carbonyl (C=O) groups is 6. The zero-order valence-corrected chi connectivity index (χ0v) is 74.1. The highest BCUT2D eigenvalue weighted by atomic mass is 16.7. The first kappa shape index (κ1) is 103. The molecule has 646 valence electrons. The van der Waals surface area contributed by atoms with Crippen LogP contribution in [0.15, 0.2) is 48.5 Å². The maximum Gasteiger partial charge on any atom is 0.308 e. The summed E-state index contributed by atoms with van der Waals surface area (Å²) in [7, 11) is 0. The second-order valence-electron chi connectivity index (χ2n) is 34.9. The van der Waals surface area contributed by atoms with E-state index in [1.807, 2.05) is 6.92 Å². The highest BCUT2D eigenvalue weighted by molar-refractivity contribution is 6.02. The Morgan fingerprint density at radius 1 is 0.295 bits per heavy atom. The predicted molar refractivity (Wildman–Crippen MR) is 466 cm³/mol. The van der Waals surface area contributed by atoms with Gasteiger partial charge in [0.25, 0.3) is 0 Å². The van der Waals surface area contributed by atoms with Crippen molar-refractivity contribution in [1.82, 2.24) is 10.6 Å². The molecule has 112 heavy (non-hydrogen) atoms. The number of carbonyl (C=O) groups excluding carboxylic acids is 6. The fourth-order valence-electron chi connectivity index (χ4n) is 16.4. The third-order valence-electron chi connectivity index (χ3n) is 23.2.